The summed E-state index contributed by atoms with van der Waals surface area (Å²) in [7, 11) is 0. The molecular formula is C20H28N4O. The van der Waals surface area contributed by atoms with Crippen LogP contribution in [0.15, 0.2) is 36.7 Å². The summed E-state index contributed by atoms with van der Waals surface area (Å²) in [6.45, 7) is 7.36. The number of amides is 1. The molecule has 0 saturated carbocycles. The van der Waals surface area contributed by atoms with Crippen molar-refractivity contribution in [3.63, 3.8) is 0 Å². The van der Waals surface area contributed by atoms with Crippen molar-refractivity contribution in [1.29, 1.82) is 0 Å². The van der Waals surface area contributed by atoms with Gasteiger partial charge in [-0.3, -0.25) is 4.79 Å². The number of likely N-dealkylation sites (tertiary alicyclic amines) is 1. The van der Waals surface area contributed by atoms with Crippen molar-refractivity contribution in [2.75, 3.05) is 19.6 Å². The highest BCUT2D eigenvalue weighted by Crippen LogP contribution is 2.18. The van der Waals surface area contributed by atoms with E-state index in [1.54, 1.807) is 12.4 Å². The smallest absolute Gasteiger partial charge is 0.251 e. The van der Waals surface area contributed by atoms with Gasteiger partial charge in [0, 0.05) is 35.6 Å². The van der Waals surface area contributed by atoms with E-state index in [0.29, 0.717) is 5.56 Å². The molecule has 0 aliphatic carbocycles. The summed E-state index contributed by atoms with van der Waals surface area (Å²) >= 11 is 0. The third-order valence-corrected chi connectivity index (χ3v) is 4.67. The Kier molecular flexibility index (Phi) is 5.53. The third-order valence-electron chi connectivity index (χ3n) is 4.67. The van der Waals surface area contributed by atoms with Gasteiger partial charge in [0.1, 0.15) is 5.82 Å². The lowest BCUT2D eigenvalue weighted by molar-refractivity contribution is 0.0888. The number of nitrogens with zero attached hydrogens (tertiary/aromatic N) is 2. The van der Waals surface area contributed by atoms with E-state index in [-0.39, 0.29) is 11.4 Å². The Labute approximate surface area is 149 Å². The molecule has 5 nitrogen and oxygen atoms in total. The van der Waals surface area contributed by atoms with Gasteiger partial charge in [-0.25, -0.2) is 4.98 Å². The van der Waals surface area contributed by atoms with Crippen LogP contribution in [0.2, 0.25) is 0 Å². The van der Waals surface area contributed by atoms with E-state index in [2.05, 4.69) is 34.0 Å². The average molecular weight is 340 g/mol. The van der Waals surface area contributed by atoms with E-state index in [1.807, 2.05) is 24.3 Å². The van der Waals surface area contributed by atoms with Gasteiger partial charge in [0.15, 0.2) is 0 Å². The van der Waals surface area contributed by atoms with Gasteiger partial charge >= 0.3 is 0 Å². The van der Waals surface area contributed by atoms with Gasteiger partial charge in [-0.2, -0.15) is 0 Å². The number of hydrogen-bond donors (Lipinski definition) is 2. The average Bonchev–Trinajstić information content (AvgIpc) is 3.01. The van der Waals surface area contributed by atoms with Crippen LogP contribution in [0.4, 0.5) is 0 Å². The summed E-state index contributed by atoms with van der Waals surface area (Å²) < 4.78 is 0. The molecule has 1 aliphatic heterocycles. The number of benzene rings is 1. The van der Waals surface area contributed by atoms with Crippen LogP contribution in [0.3, 0.4) is 0 Å². The van der Waals surface area contributed by atoms with Crippen LogP contribution >= 0.6 is 0 Å². The molecule has 0 bridgehead atoms. The Morgan fingerprint density at radius 3 is 2.68 bits per heavy atom. The first-order chi connectivity index (χ1) is 12.0. The number of imidazole rings is 1. The number of aromatic nitrogens is 2. The van der Waals surface area contributed by atoms with Gasteiger partial charge in [0.2, 0.25) is 0 Å². The molecule has 2 N–H and O–H groups in total. The molecule has 0 unspecified atom stereocenters. The van der Waals surface area contributed by atoms with Crippen molar-refractivity contribution in [2.45, 2.75) is 45.1 Å². The Morgan fingerprint density at radius 2 is 2.00 bits per heavy atom. The number of carbonyl (C=O) groups is 1. The minimum Gasteiger partial charge on any atom is -0.346 e. The monoisotopic (exact) mass is 340 g/mol. The summed E-state index contributed by atoms with van der Waals surface area (Å²) in [4.78, 5) is 22.5. The minimum atomic E-state index is -0.262. The molecule has 0 radical (unpaired) electrons. The zero-order valence-corrected chi connectivity index (χ0v) is 15.2. The van der Waals surface area contributed by atoms with Crippen LogP contribution in [-0.2, 0) is 0 Å². The molecule has 3 rings (SSSR count). The molecule has 134 valence electrons. The number of aromatic amines is 1. The van der Waals surface area contributed by atoms with Gasteiger partial charge in [0.05, 0.1) is 0 Å². The van der Waals surface area contributed by atoms with Gasteiger partial charge < -0.3 is 15.2 Å². The summed E-state index contributed by atoms with van der Waals surface area (Å²) in [5, 5.41) is 3.20. The molecule has 1 fully saturated rings. The van der Waals surface area contributed by atoms with Crippen LogP contribution in [-0.4, -0.2) is 45.9 Å². The Bertz CT molecular complexity index is 685. The maximum absolute atomic E-state index is 12.7. The lowest BCUT2D eigenvalue weighted by atomic mass is 10.0. The van der Waals surface area contributed by atoms with Crippen LogP contribution in [0.25, 0.3) is 11.4 Å². The van der Waals surface area contributed by atoms with Crippen molar-refractivity contribution >= 4 is 5.91 Å². The van der Waals surface area contributed by atoms with Crippen LogP contribution in [0.1, 0.15) is 49.9 Å². The van der Waals surface area contributed by atoms with Gasteiger partial charge in [-0.05, 0) is 51.9 Å². The first kappa shape index (κ1) is 17.7. The quantitative estimate of drug-likeness (QED) is 0.876. The zero-order valence-electron chi connectivity index (χ0n) is 15.2. The molecule has 0 spiro atoms. The topological polar surface area (TPSA) is 61.0 Å². The second-order valence-electron chi connectivity index (χ2n) is 7.55. The molecule has 1 aliphatic rings. The van der Waals surface area contributed by atoms with Crippen molar-refractivity contribution in [3.8, 4) is 11.4 Å². The normalized spacial score (nSPS) is 16.4. The van der Waals surface area contributed by atoms with Gasteiger partial charge in [0.25, 0.3) is 5.91 Å². The molecular weight excluding hydrogens is 312 g/mol. The van der Waals surface area contributed by atoms with Crippen molar-refractivity contribution in [1.82, 2.24) is 20.2 Å². The Hall–Kier alpha value is -2.14. The zero-order chi connectivity index (χ0) is 17.7. The van der Waals surface area contributed by atoms with Crippen molar-refractivity contribution in [2.24, 2.45) is 0 Å². The fourth-order valence-electron chi connectivity index (χ4n) is 3.50. The molecule has 2 heterocycles. The number of carbonyl (C=O) groups excluding carboxylic acids is 1. The van der Waals surface area contributed by atoms with Gasteiger partial charge in [-0.15, -0.1) is 0 Å². The van der Waals surface area contributed by atoms with E-state index in [0.717, 1.165) is 31.0 Å². The molecule has 25 heavy (non-hydrogen) atoms. The third kappa shape index (κ3) is 4.92. The fourth-order valence-corrected chi connectivity index (χ4v) is 3.50. The highest BCUT2D eigenvalue weighted by atomic mass is 16.1. The maximum Gasteiger partial charge on any atom is 0.251 e. The van der Waals surface area contributed by atoms with Crippen LogP contribution < -0.4 is 5.32 Å². The summed E-state index contributed by atoms with van der Waals surface area (Å²) in [6, 6.07) is 7.59. The lowest BCUT2D eigenvalue weighted by Crippen LogP contribution is -2.51. The number of rotatable bonds is 5. The SMILES string of the molecule is CC(C)(CN1CCCCCC1)NC(=O)c1cccc(-c2ncc[nH]2)c1. The Morgan fingerprint density at radius 1 is 1.24 bits per heavy atom. The highest BCUT2D eigenvalue weighted by molar-refractivity contribution is 5.95. The lowest BCUT2D eigenvalue weighted by Gasteiger charge is -2.33. The molecule has 1 amide bonds. The summed E-state index contributed by atoms with van der Waals surface area (Å²) in [5.74, 6) is 0.742. The van der Waals surface area contributed by atoms with E-state index in [4.69, 9.17) is 0 Å². The first-order valence-corrected chi connectivity index (χ1v) is 9.18. The van der Waals surface area contributed by atoms with Crippen molar-refractivity contribution < 1.29 is 4.79 Å². The molecule has 1 aromatic carbocycles. The van der Waals surface area contributed by atoms with E-state index < -0.39 is 0 Å². The van der Waals surface area contributed by atoms with E-state index in [9.17, 15) is 4.79 Å². The molecule has 1 saturated heterocycles. The minimum absolute atomic E-state index is 0.0340. The largest absolute Gasteiger partial charge is 0.346 e. The molecule has 1 aromatic heterocycles. The first-order valence-electron chi connectivity index (χ1n) is 9.18. The number of hydrogen-bond acceptors (Lipinski definition) is 3. The second-order valence-corrected chi connectivity index (χ2v) is 7.55. The summed E-state index contributed by atoms with van der Waals surface area (Å²) in [6.07, 6.45) is 8.66. The van der Waals surface area contributed by atoms with E-state index in [1.165, 1.54) is 25.7 Å². The predicted molar refractivity (Wildman–Crippen MR) is 100 cm³/mol. The van der Waals surface area contributed by atoms with E-state index >= 15 is 0 Å². The maximum atomic E-state index is 12.7. The number of H-pyrrole nitrogens is 1. The molecule has 2 aromatic rings. The standard InChI is InChI=1S/C20H28N4O/c1-20(2,15-24-12-5-3-4-6-13-24)23-19(25)17-9-7-8-16(14-17)18-21-10-11-22-18/h7-11,14H,3-6,12-13,15H2,1-2H3,(H,21,22)(H,23,25). The van der Waals surface area contributed by atoms with Gasteiger partial charge in [-0.1, -0.05) is 25.0 Å². The van der Waals surface area contributed by atoms with Crippen LogP contribution in [0.5, 0.6) is 0 Å². The molecule has 5 heteroatoms. The van der Waals surface area contributed by atoms with Crippen LogP contribution in [0, 0.1) is 0 Å². The van der Waals surface area contributed by atoms with Crippen molar-refractivity contribution in [3.05, 3.63) is 42.2 Å². The Balaban J connectivity index is 1.65. The second kappa shape index (κ2) is 7.83. The molecule has 0 atom stereocenters. The highest BCUT2D eigenvalue weighted by Gasteiger charge is 2.25. The fraction of sp³-hybridized carbons (Fsp3) is 0.500. The number of nitrogens with one attached hydrogen (secondary N) is 2. The summed E-state index contributed by atoms with van der Waals surface area (Å²) in [5.41, 5.74) is 1.32. The predicted octanol–water partition coefficient (Wildman–Crippen LogP) is 3.46.